The van der Waals surface area contributed by atoms with Gasteiger partial charge in [0.15, 0.2) is 6.10 Å². The molecule has 0 saturated carbocycles. The van der Waals surface area contributed by atoms with Gasteiger partial charge in [-0.15, -0.1) is 0 Å². The molecular formula is C60H98O6. The lowest BCUT2D eigenvalue weighted by atomic mass is 10.1. The van der Waals surface area contributed by atoms with Crippen LogP contribution in [0, 0.1) is 0 Å². The summed E-state index contributed by atoms with van der Waals surface area (Å²) in [6, 6.07) is 0. The molecule has 0 aliphatic rings. The van der Waals surface area contributed by atoms with E-state index in [0.717, 1.165) is 96.3 Å². The molecule has 0 amide bonds. The van der Waals surface area contributed by atoms with E-state index < -0.39 is 6.10 Å². The summed E-state index contributed by atoms with van der Waals surface area (Å²) in [7, 11) is 0. The summed E-state index contributed by atoms with van der Waals surface area (Å²) >= 11 is 0. The van der Waals surface area contributed by atoms with Crippen LogP contribution in [0.5, 0.6) is 0 Å². The van der Waals surface area contributed by atoms with Gasteiger partial charge < -0.3 is 14.2 Å². The van der Waals surface area contributed by atoms with E-state index in [4.69, 9.17) is 14.2 Å². The van der Waals surface area contributed by atoms with Crippen molar-refractivity contribution in [2.45, 2.75) is 239 Å². The quantitative estimate of drug-likeness (QED) is 0.0262. The number of hydrogen-bond donors (Lipinski definition) is 0. The van der Waals surface area contributed by atoms with E-state index in [9.17, 15) is 14.4 Å². The number of hydrogen-bond acceptors (Lipinski definition) is 6. The third kappa shape index (κ3) is 51.1. The first-order chi connectivity index (χ1) is 32.5. The van der Waals surface area contributed by atoms with Gasteiger partial charge in [0.25, 0.3) is 0 Å². The molecule has 6 nitrogen and oxygen atoms in total. The zero-order chi connectivity index (χ0) is 47.9. The van der Waals surface area contributed by atoms with Crippen LogP contribution in [0.25, 0.3) is 0 Å². The minimum Gasteiger partial charge on any atom is -0.462 e. The minimum absolute atomic E-state index is 0.109. The molecule has 0 bridgehead atoms. The molecule has 374 valence electrons. The molecule has 1 atom stereocenters. The van der Waals surface area contributed by atoms with Crippen molar-refractivity contribution < 1.29 is 28.6 Å². The highest BCUT2D eigenvalue weighted by molar-refractivity contribution is 5.71. The van der Waals surface area contributed by atoms with Gasteiger partial charge >= 0.3 is 17.9 Å². The van der Waals surface area contributed by atoms with Gasteiger partial charge in [-0.1, -0.05) is 233 Å². The van der Waals surface area contributed by atoms with Crippen LogP contribution in [0.4, 0.5) is 0 Å². The third-order valence-electron chi connectivity index (χ3n) is 11.2. The van der Waals surface area contributed by atoms with Gasteiger partial charge in [-0.3, -0.25) is 14.4 Å². The summed E-state index contributed by atoms with van der Waals surface area (Å²) in [5.41, 5.74) is 0. The van der Waals surface area contributed by atoms with E-state index in [1.807, 2.05) is 48.6 Å². The Labute approximate surface area is 406 Å². The molecule has 0 N–H and O–H groups in total. The van der Waals surface area contributed by atoms with Crippen LogP contribution in [-0.4, -0.2) is 37.2 Å². The lowest BCUT2D eigenvalue weighted by Gasteiger charge is -2.18. The number of unbranched alkanes of at least 4 members (excludes halogenated alkanes) is 24. The van der Waals surface area contributed by atoms with Crippen molar-refractivity contribution >= 4 is 17.9 Å². The van der Waals surface area contributed by atoms with Gasteiger partial charge in [-0.25, -0.2) is 0 Å². The Bertz CT molecular complexity index is 1370. The molecule has 0 aliphatic carbocycles. The zero-order valence-electron chi connectivity index (χ0n) is 42.7. The molecule has 0 radical (unpaired) electrons. The van der Waals surface area contributed by atoms with E-state index in [1.54, 1.807) is 0 Å². The molecule has 0 fully saturated rings. The third-order valence-corrected chi connectivity index (χ3v) is 11.2. The summed E-state index contributed by atoms with van der Waals surface area (Å²) in [5, 5.41) is 0. The topological polar surface area (TPSA) is 78.9 Å². The normalized spacial score (nSPS) is 13.0. The summed E-state index contributed by atoms with van der Waals surface area (Å²) in [6.45, 7) is 6.39. The first-order valence-electron chi connectivity index (χ1n) is 27.0. The Morgan fingerprint density at radius 3 is 0.985 bits per heavy atom. The number of carbonyl (C=O) groups excluding carboxylic acids is 3. The summed E-state index contributed by atoms with van der Waals surface area (Å²) in [5.74, 6) is -0.980. The van der Waals surface area contributed by atoms with Crippen LogP contribution in [-0.2, 0) is 28.6 Å². The van der Waals surface area contributed by atoms with Crippen molar-refractivity contribution in [2.24, 2.45) is 0 Å². The molecular weight excluding hydrogens is 817 g/mol. The van der Waals surface area contributed by atoms with Gasteiger partial charge in [0.05, 0.1) is 0 Å². The molecule has 6 heteroatoms. The highest BCUT2D eigenvalue weighted by Gasteiger charge is 2.19. The fourth-order valence-electron chi connectivity index (χ4n) is 7.09. The molecule has 0 aromatic heterocycles. The minimum atomic E-state index is -0.814. The van der Waals surface area contributed by atoms with Gasteiger partial charge in [0.1, 0.15) is 13.2 Å². The molecule has 66 heavy (non-hydrogen) atoms. The lowest BCUT2D eigenvalue weighted by Crippen LogP contribution is -2.30. The fourth-order valence-corrected chi connectivity index (χ4v) is 7.09. The Morgan fingerprint density at radius 1 is 0.318 bits per heavy atom. The van der Waals surface area contributed by atoms with Crippen LogP contribution >= 0.6 is 0 Å². The number of carbonyl (C=O) groups is 3. The van der Waals surface area contributed by atoms with Crippen LogP contribution < -0.4 is 0 Å². The Balaban J connectivity index is 4.51. The van der Waals surface area contributed by atoms with E-state index in [-0.39, 0.29) is 37.5 Å². The highest BCUT2D eigenvalue weighted by Crippen LogP contribution is 2.13. The Morgan fingerprint density at radius 2 is 0.591 bits per heavy atom. The monoisotopic (exact) mass is 915 g/mol. The van der Waals surface area contributed by atoms with Crippen molar-refractivity contribution in [3.8, 4) is 0 Å². The zero-order valence-corrected chi connectivity index (χ0v) is 42.7. The molecule has 0 saturated heterocycles. The smallest absolute Gasteiger partial charge is 0.306 e. The van der Waals surface area contributed by atoms with Gasteiger partial charge in [0, 0.05) is 19.3 Å². The standard InChI is InChI=1S/C60H98O6/c1-4-7-10-13-16-19-22-25-28-29-30-33-35-38-41-44-47-50-53-59(62)65-56-57(66-60(63)54-51-48-45-42-39-36-32-27-24-21-18-15-12-9-6-3)55-64-58(61)52-49-46-43-40-37-34-31-26-23-20-17-14-11-8-5-2/h9,12,15,17-18,20-21,23-24,26-30,32-33,36,39,57H,4-8,10-11,13-14,16,19,22,25,31,34-35,37-38,40-56H2,1-3H3/b12-9-,18-15-,20-17-,24-21-,26-23-,29-28-,32-27-,33-30-,39-36-. The lowest BCUT2D eigenvalue weighted by molar-refractivity contribution is -0.167. The van der Waals surface area contributed by atoms with Crippen LogP contribution in [0.2, 0.25) is 0 Å². The second-order valence-corrected chi connectivity index (χ2v) is 17.6. The van der Waals surface area contributed by atoms with Crippen molar-refractivity contribution in [1.82, 2.24) is 0 Å². The fraction of sp³-hybridized carbons (Fsp3) is 0.650. The average molecular weight is 915 g/mol. The number of esters is 3. The van der Waals surface area contributed by atoms with Crippen LogP contribution in [0.1, 0.15) is 233 Å². The maximum absolute atomic E-state index is 12.8. The molecule has 0 aromatic rings. The number of allylic oxidation sites excluding steroid dienone is 18. The molecule has 1 unspecified atom stereocenters. The number of ether oxygens (including phenoxy) is 3. The molecule has 0 rings (SSSR count). The van der Waals surface area contributed by atoms with Gasteiger partial charge in [-0.05, 0) is 89.9 Å². The van der Waals surface area contributed by atoms with E-state index in [1.165, 1.54) is 89.9 Å². The summed E-state index contributed by atoms with van der Waals surface area (Å²) < 4.78 is 16.8. The van der Waals surface area contributed by atoms with Crippen molar-refractivity contribution in [3.05, 3.63) is 109 Å². The van der Waals surface area contributed by atoms with Gasteiger partial charge in [-0.2, -0.15) is 0 Å². The molecule has 0 heterocycles. The summed E-state index contributed by atoms with van der Waals surface area (Å²) in [6.07, 6.45) is 72.1. The predicted octanol–water partition coefficient (Wildman–Crippen LogP) is 17.9. The highest BCUT2D eigenvalue weighted by atomic mass is 16.6. The molecule has 0 spiro atoms. The SMILES string of the molecule is CC\C=C/C=C\C=C/C=C\C=C/CCCCCC(=O)OC(COC(=O)CCCCCCC/C=C\C=C/CCCCCCCCC)COC(=O)CCCCCCCC/C=C\C=C/CCCCC. The maximum Gasteiger partial charge on any atom is 0.306 e. The van der Waals surface area contributed by atoms with Gasteiger partial charge in [0.2, 0.25) is 0 Å². The second kappa shape index (κ2) is 53.7. The summed E-state index contributed by atoms with van der Waals surface area (Å²) in [4.78, 5) is 38.1. The van der Waals surface area contributed by atoms with E-state index in [0.29, 0.717) is 19.3 Å². The van der Waals surface area contributed by atoms with Crippen LogP contribution in [0.3, 0.4) is 0 Å². The van der Waals surface area contributed by atoms with E-state index in [2.05, 4.69) is 81.5 Å². The first-order valence-corrected chi connectivity index (χ1v) is 27.0. The molecule has 0 aromatic carbocycles. The largest absolute Gasteiger partial charge is 0.462 e. The van der Waals surface area contributed by atoms with Crippen molar-refractivity contribution in [2.75, 3.05) is 13.2 Å². The van der Waals surface area contributed by atoms with Crippen LogP contribution in [0.15, 0.2) is 109 Å². The van der Waals surface area contributed by atoms with Crippen molar-refractivity contribution in [3.63, 3.8) is 0 Å². The van der Waals surface area contributed by atoms with E-state index >= 15 is 0 Å². The second-order valence-electron chi connectivity index (χ2n) is 17.6. The molecule has 0 aliphatic heterocycles. The average Bonchev–Trinajstić information content (AvgIpc) is 3.31. The number of rotatable bonds is 47. The Kier molecular flexibility index (Phi) is 50.5. The maximum atomic E-state index is 12.8. The predicted molar refractivity (Wildman–Crippen MR) is 283 cm³/mol. The Hall–Kier alpha value is -3.93. The van der Waals surface area contributed by atoms with Crippen molar-refractivity contribution in [1.29, 1.82) is 0 Å². The first kappa shape index (κ1) is 62.1.